The Morgan fingerprint density at radius 2 is 2.07 bits per heavy atom. The molecule has 1 saturated heterocycles. The van der Waals surface area contributed by atoms with E-state index in [-0.39, 0.29) is 17.9 Å². The second-order valence-electron chi connectivity index (χ2n) is 7.61. The van der Waals surface area contributed by atoms with Crippen LogP contribution in [0.25, 0.3) is 11.1 Å². The second-order valence-corrected chi connectivity index (χ2v) is 7.61. The molecule has 1 fully saturated rings. The molecule has 0 unspecified atom stereocenters. The number of amides is 2. The zero-order valence-electron chi connectivity index (χ0n) is 17.3. The Morgan fingerprint density at radius 1 is 1.31 bits per heavy atom. The number of nitrogens with two attached hydrogens (primary N) is 1. The third-order valence-corrected chi connectivity index (χ3v) is 4.84. The molecule has 2 heterocycles. The molecule has 3 rings (SSSR count). The van der Waals surface area contributed by atoms with Crippen molar-refractivity contribution < 1.29 is 14.3 Å². The van der Waals surface area contributed by atoms with Gasteiger partial charge in [-0.3, -0.25) is 9.59 Å². The number of carbonyl (C=O) groups excluding carboxylic acids is 2. The summed E-state index contributed by atoms with van der Waals surface area (Å²) < 4.78 is 6.00. The number of carbonyl (C=O) groups is 2. The molecule has 0 saturated carbocycles. The van der Waals surface area contributed by atoms with Crippen molar-refractivity contribution in [2.75, 3.05) is 38.7 Å². The van der Waals surface area contributed by atoms with Crippen LogP contribution in [-0.4, -0.2) is 60.5 Å². The fourth-order valence-electron chi connectivity index (χ4n) is 3.29. The smallest absolute Gasteiger partial charge is 0.248 e. The van der Waals surface area contributed by atoms with Crippen LogP contribution in [0.3, 0.4) is 0 Å². The summed E-state index contributed by atoms with van der Waals surface area (Å²) in [5.74, 6) is 0.0632. The lowest BCUT2D eigenvalue weighted by Crippen LogP contribution is -2.44. The number of aromatic nitrogens is 2. The maximum atomic E-state index is 12.5. The standard InChI is InChI=1S/C21H27N5O3/c1-13(2)20(28)26-8-9-29-17(12-26)18-16(11-23-21(24-18)25(3)4)14-6-5-7-15(10-14)19(22)27/h5-7,10-11,13,17H,8-9,12H2,1-4H3,(H2,22,27)/t17-/m0/s1. The first kappa shape index (κ1) is 20.7. The summed E-state index contributed by atoms with van der Waals surface area (Å²) in [4.78, 5) is 36.9. The van der Waals surface area contributed by atoms with Crippen molar-refractivity contribution in [1.29, 1.82) is 0 Å². The van der Waals surface area contributed by atoms with E-state index in [2.05, 4.69) is 4.98 Å². The van der Waals surface area contributed by atoms with E-state index < -0.39 is 5.91 Å². The van der Waals surface area contributed by atoms with Crippen LogP contribution in [0, 0.1) is 5.92 Å². The van der Waals surface area contributed by atoms with Gasteiger partial charge in [0.15, 0.2) is 0 Å². The lowest BCUT2D eigenvalue weighted by atomic mass is 9.99. The molecule has 2 N–H and O–H groups in total. The highest BCUT2D eigenvalue weighted by Crippen LogP contribution is 2.32. The number of nitrogens with zero attached hydrogens (tertiary/aromatic N) is 4. The van der Waals surface area contributed by atoms with Gasteiger partial charge in [0.2, 0.25) is 17.8 Å². The average molecular weight is 397 g/mol. The largest absolute Gasteiger partial charge is 0.368 e. The van der Waals surface area contributed by atoms with E-state index in [4.69, 9.17) is 15.5 Å². The van der Waals surface area contributed by atoms with Crippen LogP contribution in [0.5, 0.6) is 0 Å². The van der Waals surface area contributed by atoms with Gasteiger partial charge in [-0.1, -0.05) is 26.0 Å². The van der Waals surface area contributed by atoms with Gasteiger partial charge >= 0.3 is 0 Å². The SMILES string of the molecule is CC(C)C(=O)N1CCO[C@H](c2nc(N(C)C)ncc2-c2cccc(C(N)=O)c2)C1. The van der Waals surface area contributed by atoms with E-state index in [1.165, 1.54) is 0 Å². The minimum absolute atomic E-state index is 0.0804. The Labute approximate surface area is 170 Å². The van der Waals surface area contributed by atoms with Crippen molar-refractivity contribution in [2.45, 2.75) is 20.0 Å². The molecule has 8 nitrogen and oxygen atoms in total. The van der Waals surface area contributed by atoms with Gasteiger partial charge in [-0.2, -0.15) is 0 Å². The van der Waals surface area contributed by atoms with E-state index in [0.717, 1.165) is 11.1 Å². The Kier molecular flexibility index (Phi) is 6.12. The van der Waals surface area contributed by atoms with Gasteiger partial charge in [0.25, 0.3) is 0 Å². The van der Waals surface area contributed by atoms with E-state index in [1.54, 1.807) is 24.4 Å². The van der Waals surface area contributed by atoms with Crippen LogP contribution < -0.4 is 10.6 Å². The lowest BCUT2D eigenvalue weighted by Gasteiger charge is -2.34. The van der Waals surface area contributed by atoms with Crippen LogP contribution in [0.1, 0.15) is 36.0 Å². The molecule has 154 valence electrons. The summed E-state index contributed by atoms with van der Waals surface area (Å²) in [6.07, 6.45) is 1.34. The molecule has 0 radical (unpaired) electrons. The van der Waals surface area contributed by atoms with Crippen molar-refractivity contribution in [3.8, 4) is 11.1 Å². The first-order valence-corrected chi connectivity index (χ1v) is 9.62. The number of hydrogen-bond donors (Lipinski definition) is 1. The van der Waals surface area contributed by atoms with Gasteiger partial charge in [0, 0.05) is 43.9 Å². The summed E-state index contributed by atoms with van der Waals surface area (Å²) in [7, 11) is 3.73. The van der Waals surface area contributed by atoms with Crippen molar-refractivity contribution in [1.82, 2.24) is 14.9 Å². The molecule has 1 aromatic heterocycles. The number of primary amides is 1. The summed E-state index contributed by atoms with van der Waals surface area (Å²) in [5.41, 5.74) is 8.06. The van der Waals surface area contributed by atoms with Crippen molar-refractivity contribution in [2.24, 2.45) is 11.7 Å². The van der Waals surface area contributed by atoms with Crippen LogP contribution in [-0.2, 0) is 9.53 Å². The third-order valence-electron chi connectivity index (χ3n) is 4.84. The van der Waals surface area contributed by atoms with Crippen molar-refractivity contribution in [3.05, 3.63) is 41.7 Å². The van der Waals surface area contributed by atoms with Gasteiger partial charge < -0.3 is 20.3 Å². The summed E-state index contributed by atoms with van der Waals surface area (Å²) in [6.45, 7) is 5.20. The summed E-state index contributed by atoms with van der Waals surface area (Å²) in [6, 6.07) is 7.04. The lowest BCUT2D eigenvalue weighted by molar-refractivity contribution is -0.142. The number of morpholine rings is 1. The van der Waals surface area contributed by atoms with E-state index in [1.807, 2.05) is 43.8 Å². The molecular formula is C21H27N5O3. The molecule has 8 heteroatoms. The monoisotopic (exact) mass is 397 g/mol. The van der Waals surface area contributed by atoms with Crippen LogP contribution in [0.2, 0.25) is 0 Å². The molecular weight excluding hydrogens is 370 g/mol. The molecule has 2 amide bonds. The fourth-order valence-corrected chi connectivity index (χ4v) is 3.29. The summed E-state index contributed by atoms with van der Waals surface area (Å²) >= 11 is 0. The Bertz CT molecular complexity index is 913. The third kappa shape index (κ3) is 4.54. The predicted octanol–water partition coefficient (Wildman–Crippen LogP) is 1.86. The minimum Gasteiger partial charge on any atom is -0.368 e. The molecule has 1 aliphatic rings. The zero-order valence-corrected chi connectivity index (χ0v) is 17.3. The van der Waals surface area contributed by atoms with Gasteiger partial charge in [0.05, 0.1) is 18.8 Å². The van der Waals surface area contributed by atoms with Crippen LogP contribution >= 0.6 is 0 Å². The Morgan fingerprint density at radius 3 is 2.72 bits per heavy atom. The normalized spacial score (nSPS) is 16.7. The van der Waals surface area contributed by atoms with Crippen molar-refractivity contribution >= 4 is 17.8 Å². The summed E-state index contributed by atoms with van der Waals surface area (Å²) in [5, 5.41) is 0. The molecule has 29 heavy (non-hydrogen) atoms. The second kappa shape index (κ2) is 8.57. The zero-order chi connectivity index (χ0) is 21.1. The number of benzene rings is 1. The van der Waals surface area contributed by atoms with Gasteiger partial charge in [0.1, 0.15) is 6.10 Å². The van der Waals surface area contributed by atoms with E-state index in [9.17, 15) is 9.59 Å². The van der Waals surface area contributed by atoms with E-state index in [0.29, 0.717) is 36.9 Å². The highest BCUT2D eigenvalue weighted by atomic mass is 16.5. The number of rotatable bonds is 5. The van der Waals surface area contributed by atoms with Gasteiger partial charge in [-0.25, -0.2) is 9.97 Å². The minimum atomic E-state index is -0.498. The van der Waals surface area contributed by atoms with Crippen LogP contribution in [0.15, 0.2) is 30.5 Å². The average Bonchev–Trinajstić information content (AvgIpc) is 2.72. The predicted molar refractivity (Wildman–Crippen MR) is 110 cm³/mol. The highest BCUT2D eigenvalue weighted by Gasteiger charge is 2.30. The molecule has 0 spiro atoms. The molecule has 1 aromatic carbocycles. The molecule has 0 bridgehead atoms. The van der Waals surface area contributed by atoms with Crippen molar-refractivity contribution in [3.63, 3.8) is 0 Å². The fraction of sp³-hybridized carbons (Fsp3) is 0.429. The maximum absolute atomic E-state index is 12.5. The quantitative estimate of drug-likeness (QED) is 0.826. The Hall–Kier alpha value is -3.00. The van der Waals surface area contributed by atoms with Gasteiger partial charge in [-0.05, 0) is 17.7 Å². The number of ether oxygens (including phenoxy) is 1. The molecule has 0 aliphatic carbocycles. The van der Waals surface area contributed by atoms with E-state index >= 15 is 0 Å². The van der Waals surface area contributed by atoms with Gasteiger partial charge in [-0.15, -0.1) is 0 Å². The number of hydrogen-bond acceptors (Lipinski definition) is 6. The molecule has 2 aromatic rings. The Balaban J connectivity index is 2.04. The highest BCUT2D eigenvalue weighted by molar-refractivity contribution is 5.94. The molecule has 1 atom stereocenters. The topological polar surface area (TPSA) is 102 Å². The first-order chi connectivity index (χ1) is 13.8. The number of anilines is 1. The first-order valence-electron chi connectivity index (χ1n) is 9.62. The van der Waals surface area contributed by atoms with Crippen LogP contribution in [0.4, 0.5) is 5.95 Å². The molecule has 1 aliphatic heterocycles. The maximum Gasteiger partial charge on any atom is 0.248 e.